The maximum absolute atomic E-state index is 12.7. The predicted molar refractivity (Wildman–Crippen MR) is 116 cm³/mol. The minimum absolute atomic E-state index is 0.0125. The van der Waals surface area contributed by atoms with Crippen LogP contribution in [0.1, 0.15) is 58.9 Å². The van der Waals surface area contributed by atoms with Crippen LogP contribution in [-0.4, -0.2) is 48.3 Å². The zero-order chi connectivity index (χ0) is 21.5. The Morgan fingerprint density at radius 1 is 0.933 bits per heavy atom. The molecule has 2 N–H and O–H groups in total. The van der Waals surface area contributed by atoms with Gasteiger partial charge in [-0.25, -0.2) is 0 Å². The second-order valence-corrected chi connectivity index (χ2v) is 7.96. The molecule has 158 valence electrons. The third kappa shape index (κ3) is 5.69. The van der Waals surface area contributed by atoms with Crippen LogP contribution >= 0.6 is 0 Å². The summed E-state index contributed by atoms with van der Waals surface area (Å²) in [5, 5.41) is 5.59. The molecule has 0 saturated carbocycles. The summed E-state index contributed by atoms with van der Waals surface area (Å²) in [6.07, 6.45) is 1.41. The van der Waals surface area contributed by atoms with Gasteiger partial charge in [-0.1, -0.05) is 44.2 Å². The lowest BCUT2D eigenvalue weighted by Crippen LogP contribution is -2.48. The third-order valence-corrected chi connectivity index (χ3v) is 5.42. The number of carbonyl (C=O) groups is 3. The number of nitrogens with one attached hydrogen (secondary N) is 2. The van der Waals surface area contributed by atoms with Gasteiger partial charge in [-0.3, -0.25) is 14.4 Å². The third-order valence-electron chi connectivity index (χ3n) is 5.42. The molecule has 1 fully saturated rings. The summed E-state index contributed by atoms with van der Waals surface area (Å²) in [5.74, 6) is -0.0147. The van der Waals surface area contributed by atoms with Crippen LogP contribution in [0.5, 0.6) is 0 Å². The SMILES string of the molecule is CC(C)c1ccc(C(=O)N2CCC(NC(=O)CNC(=O)c3ccccc3)CC2)cc1. The Kier molecular flexibility index (Phi) is 7.22. The summed E-state index contributed by atoms with van der Waals surface area (Å²) in [6, 6.07) is 16.6. The number of amides is 3. The summed E-state index contributed by atoms with van der Waals surface area (Å²) >= 11 is 0. The highest BCUT2D eigenvalue weighted by Crippen LogP contribution is 2.18. The minimum atomic E-state index is -0.269. The van der Waals surface area contributed by atoms with E-state index in [1.54, 1.807) is 24.3 Å². The Labute approximate surface area is 177 Å². The first-order valence-corrected chi connectivity index (χ1v) is 10.5. The number of nitrogens with zero attached hydrogens (tertiary/aromatic N) is 1. The van der Waals surface area contributed by atoms with Crippen molar-refractivity contribution in [3.63, 3.8) is 0 Å². The van der Waals surface area contributed by atoms with E-state index < -0.39 is 0 Å². The fraction of sp³-hybridized carbons (Fsp3) is 0.375. The first-order valence-electron chi connectivity index (χ1n) is 10.5. The molecule has 30 heavy (non-hydrogen) atoms. The number of likely N-dealkylation sites (tertiary alicyclic amines) is 1. The average Bonchev–Trinajstić information content (AvgIpc) is 2.78. The standard InChI is InChI=1S/C24H29N3O3/c1-17(2)18-8-10-20(11-9-18)24(30)27-14-12-21(13-15-27)26-22(28)16-25-23(29)19-6-4-3-5-7-19/h3-11,17,21H,12-16H2,1-2H3,(H,25,29)(H,26,28). The zero-order valence-electron chi connectivity index (χ0n) is 17.6. The molecule has 0 aliphatic carbocycles. The molecule has 3 rings (SSSR count). The Balaban J connectivity index is 1.42. The molecule has 0 radical (unpaired) electrons. The van der Waals surface area contributed by atoms with Crippen LogP contribution in [0.2, 0.25) is 0 Å². The Bertz CT molecular complexity index is 870. The number of hydrogen-bond acceptors (Lipinski definition) is 3. The van der Waals surface area contributed by atoms with Gasteiger partial charge >= 0.3 is 0 Å². The van der Waals surface area contributed by atoms with E-state index in [4.69, 9.17) is 0 Å². The molecular weight excluding hydrogens is 378 g/mol. The highest BCUT2D eigenvalue weighted by atomic mass is 16.2. The lowest BCUT2D eigenvalue weighted by Gasteiger charge is -2.32. The molecule has 0 spiro atoms. The van der Waals surface area contributed by atoms with E-state index in [1.807, 2.05) is 35.2 Å². The average molecular weight is 408 g/mol. The Hall–Kier alpha value is -3.15. The molecule has 1 aliphatic heterocycles. The molecule has 2 aromatic carbocycles. The normalized spacial score (nSPS) is 14.4. The van der Waals surface area contributed by atoms with E-state index in [1.165, 1.54) is 5.56 Å². The van der Waals surface area contributed by atoms with Crippen molar-refractivity contribution in [1.29, 1.82) is 0 Å². The van der Waals surface area contributed by atoms with Crippen LogP contribution in [0.15, 0.2) is 54.6 Å². The molecule has 0 bridgehead atoms. The summed E-state index contributed by atoms with van der Waals surface area (Å²) < 4.78 is 0. The number of piperidine rings is 1. The second kappa shape index (κ2) is 10.1. The maximum atomic E-state index is 12.7. The number of carbonyl (C=O) groups excluding carboxylic acids is 3. The topological polar surface area (TPSA) is 78.5 Å². The summed E-state index contributed by atoms with van der Waals surface area (Å²) in [6.45, 7) is 5.40. The minimum Gasteiger partial charge on any atom is -0.352 e. The molecular formula is C24H29N3O3. The van der Waals surface area contributed by atoms with Crippen molar-refractivity contribution in [3.05, 3.63) is 71.3 Å². The lowest BCUT2D eigenvalue weighted by atomic mass is 10.0. The first kappa shape index (κ1) is 21.6. The molecule has 3 amide bonds. The van der Waals surface area contributed by atoms with E-state index in [2.05, 4.69) is 24.5 Å². The highest BCUT2D eigenvalue weighted by Gasteiger charge is 2.24. The number of benzene rings is 2. The summed E-state index contributed by atoms with van der Waals surface area (Å²) in [7, 11) is 0. The number of hydrogen-bond donors (Lipinski definition) is 2. The number of rotatable bonds is 6. The van der Waals surface area contributed by atoms with Crippen molar-refractivity contribution in [2.24, 2.45) is 0 Å². The fourth-order valence-corrected chi connectivity index (χ4v) is 3.55. The van der Waals surface area contributed by atoms with Crippen LogP contribution in [-0.2, 0) is 4.79 Å². The van der Waals surface area contributed by atoms with Gasteiger partial charge in [-0.2, -0.15) is 0 Å². The van der Waals surface area contributed by atoms with Crippen molar-refractivity contribution in [1.82, 2.24) is 15.5 Å². The van der Waals surface area contributed by atoms with Crippen LogP contribution in [0.3, 0.4) is 0 Å². The van der Waals surface area contributed by atoms with Crippen molar-refractivity contribution in [2.45, 2.75) is 38.6 Å². The molecule has 6 nitrogen and oxygen atoms in total. The van der Waals surface area contributed by atoms with Gasteiger partial charge in [0, 0.05) is 30.3 Å². The van der Waals surface area contributed by atoms with Crippen molar-refractivity contribution in [2.75, 3.05) is 19.6 Å². The van der Waals surface area contributed by atoms with Crippen molar-refractivity contribution >= 4 is 17.7 Å². The molecule has 2 aromatic rings. The van der Waals surface area contributed by atoms with Crippen LogP contribution in [0.25, 0.3) is 0 Å². The van der Waals surface area contributed by atoms with Gasteiger partial charge in [-0.15, -0.1) is 0 Å². The van der Waals surface area contributed by atoms with Crippen LogP contribution in [0, 0.1) is 0 Å². The maximum Gasteiger partial charge on any atom is 0.253 e. The zero-order valence-corrected chi connectivity index (χ0v) is 17.6. The van der Waals surface area contributed by atoms with Crippen LogP contribution < -0.4 is 10.6 Å². The van der Waals surface area contributed by atoms with E-state index >= 15 is 0 Å². The summed E-state index contributed by atoms with van der Waals surface area (Å²) in [4.78, 5) is 38.7. The predicted octanol–water partition coefficient (Wildman–Crippen LogP) is 2.96. The molecule has 0 atom stereocenters. The highest BCUT2D eigenvalue weighted by molar-refractivity contribution is 5.96. The smallest absolute Gasteiger partial charge is 0.253 e. The van der Waals surface area contributed by atoms with E-state index in [9.17, 15) is 14.4 Å². The van der Waals surface area contributed by atoms with Crippen LogP contribution in [0.4, 0.5) is 0 Å². The van der Waals surface area contributed by atoms with Gasteiger partial charge < -0.3 is 15.5 Å². The fourth-order valence-electron chi connectivity index (χ4n) is 3.55. The van der Waals surface area contributed by atoms with Gasteiger partial charge in [0.15, 0.2) is 0 Å². The molecule has 0 unspecified atom stereocenters. The summed E-state index contributed by atoms with van der Waals surface area (Å²) in [5.41, 5.74) is 2.44. The monoisotopic (exact) mass is 407 g/mol. The van der Waals surface area contributed by atoms with Gasteiger partial charge in [0.25, 0.3) is 11.8 Å². The van der Waals surface area contributed by atoms with E-state index in [0.29, 0.717) is 43.0 Å². The molecule has 1 heterocycles. The van der Waals surface area contributed by atoms with E-state index in [0.717, 1.165) is 0 Å². The Morgan fingerprint density at radius 3 is 2.17 bits per heavy atom. The van der Waals surface area contributed by atoms with E-state index in [-0.39, 0.29) is 30.3 Å². The quantitative estimate of drug-likeness (QED) is 0.773. The molecule has 1 saturated heterocycles. The molecule has 6 heteroatoms. The van der Waals surface area contributed by atoms with Crippen molar-refractivity contribution < 1.29 is 14.4 Å². The van der Waals surface area contributed by atoms with Gasteiger partial charge in [0.05, 0.1) is 6.54 Å². The van der Waals surface area contributed by atoms with Gasteiger partial charge in [0.2, 0.25) is 5.91 Å². The van der Waals surface area contributed by atoms with Gasteiger partial charge in [-0.05, 0) is 48.6 Å². The first-order chi connectivity index (χ1) is 14.4. The van der Waals surface area contributed by atoms with Crippen molar-refractivity contribution in [3.8, 4) is 0 Å². The Morgan fingerprint density at radius 2 is 1.57 bits per heavy atom. The van der Waals surface area contributed by atoms with Gasteiger partial charge in [0.1, 0.15) is 0 Å². The largest absolute Gasteiger partial charge is 0.352 e. The molecule has 0 aromatic heterocycles. The lowest BCUT2D eigenvalue weighted by molar-refractivity contribution is -0.121. The second-order valence-electron chi connectivity index (χ2n) is 7.96. The molecule has 1 aliphatic rings.